The van der Waals surface area contributed by atoms with Crippen LogP contribution < -0.4 is 14.8 Å². The Hall–Kier alpha value is -2.72. The molecule has 2 aromatic carbocycles. The molecule has 25 heavy (non-hydrogen) atoms. The van der Waals surface area contributed by atoms with Gasteiger partial charge in [-0.2, -0.15) is 0 Å². The Balaban J connectivity index is 1.57. The fourth-order valence-corrected chi connectivity index (χ4v) is 3.53. The first-order valence-electron chi connectivity index (χ1n) is 7.12. The van der Waals surface area contributed by atoms with Crippen LogP contribution in [0.25, 0.3) is 10.8 Å². The Morgan fingerprint density at radius 1 is 1.12 bits per heavy atom. The molecular formula is C15H14N4O4S2. The van der Waals surface area contributed by atoms with Gasteiger partial charge in [0.1, 0.15) is 5.75 Å². The average molecular weight is 378 g/mol. The van der Waals surface area contributed by atoms with E-state index in [4.69, 9.17) is 4.74 Å². The van der Waals surface area contributed by atoms with Gasteiger partial charge < -0.3 is 4.74 Å². The van der Waals surface area contributed by atoms with E-state index in [1.165, 1.54) is 0 Å². The molecule has 1 amide bonds. The minimum absolute atomic E-state index is 0.0771. The van der Waals surface area contributed by atoms with E-state index in [9.17, 15) is 13.2 Å². The Morgan fingerprint density at radius 2 is 1.84 bits per heavy atom. The van der Waals surface area contributed by atoms with Gasteiger partial charge in [-0.1, -0.05) is 41.7 Å². The Morgan fingerprint density at radius 3 is 2.60 bits per heavy atom. The summed E-state index contributed by atoms with van der Waals surface area (Å²) in [5.41, 5.74) is 0. The van der Waals surface area contributed by atoms with Crippen molar-refractivity contribution in [3.05, 3.63) is 42.5 Å². The molecule has 0 aliphatic heterocycles. The van der Waals surface area contributed by atoms with Gasteiger partial charge in [0.05, 0.1) is 6.26 Å². The normalized spacial score (nSPS) is 11.2. The summed E-state index contributed by atoms with van der Waals surface area (Å²) in [6.07, 6.45) is 1.00. The standard InChI is InChI=1S/C15H14N4O4S2/c1-25(21,22)19-15-18-17-14(24-15)16-13(20)9-23-12-7-6-10-4-2-3-5-11(10)8-12/h2-8H,9H2,1H3,(H,18,19)(H,16,17,20). The second kappa shape index (κ2) is 7.03. The van der Waals surface area contributed by atoms with Gasteiger partial charge in [-0.3, -0.25) is 14.8 Å². The largest absolute Gasteiger partial charge is 0.484 e. The van der Waals surface area contributed by atoms with Gasteiger partial charge in [0.25, 0.3) is 5.91 Å². The lowest BCUT2D eigenvalue weighted by atomic mass is 10.1. The molecule has 130 valence electrons. The Bertz CT molecular complexity index is 1020. The number of carbonyl (C=O) groups is 1. The average Bonchev–Trinajstić information content (AvgIpc) is 2.97. The van der Waals surface area contributed by atoms with Crippen molar-refractivity contribution in [1.82, 2.24) is 10.2 Å². The van der Waals surface area contributed by atoms with E-state index in [0.29, 0.717) is 5.75 Å². The smallest absolute Gasteiger partial charge is 0.264 e. The Kier molecular flexibility index (Phi) is 4.81. The highest BCUT2D eigenvalue weighted by molar-refractivity contribution is 7.92. The molecule has 0 unspecified atom stereocenters. The summed E-state index contributed by atoms with van der Waals surface area (Å²) in [6, 6.07) is 13.4. The van der Waals surface area contributed by atoms with E-state index >= 15 is 0 Å². The number of hydrogen-bond acceptors (Lipinski definition) is 7. The number of rotatable bonds is 6. The topological polar surface area (TPSA) is 110 Å². The first kappa shape index (κ1) is 17.1. The van der Waals surface area contributed by atoms with E-state index in [-0.39, 0.29) is 16.9 Å². The molecule has 0 radical (unpaired) electrons. The number of aromatic nitrogens is 2. The van der Waals surface area contributed by atoms with E-state index < -0.39 is 15.9 Å². The summed E-state index contributed by atoms with van der Waals surface area (Å²) >= 11 is 0.912. The lowest BCUT2D eigenvalue weighted by Crippen LogP contribution is -2.20. The van der Waals surface area contributed by atoms with Crippen molar-refractivity contribution in [3.63, 3.8) is 0 Å². The summed E-state index contributed by atoms with van der Waals surface area (Å²) in [5.74, 6) is 0.153. The van der Waals surface area contributed by atoms with Crippen LogP contribution in [-0.4, -0.2) is 37.4 Å². The monoisotopic (exact) mass is 378 g/mol. The molecule has 0 atom stereocenters. The predicted octanol–water partition coefficient (Wildman–Crippen LogP) is 2.08. The molecule has 1 heterocycles. The second-order valence-corrected chi connectivity index (χ2v) is 7.86. The van der Waals surface area contributed by atoms with Crippen LogP contribution in [0.1, 0.15) is 0 Å². The minimum atomic E-state index is -3.44. The zero-order valence-corrected chi connectivity index (χ0v) is 14.7. The number of fused-ring (bicyclic) bond motifs is 1. The number of hydrogen-bond donors (Lipinski definition) is 2. The highest BCUT2D eigenvalue weighted by Gasteiger charge is 2.11. The van der Waals surface area contributed by atoms with E-state index in [1.54, 1.807) is 6.07 Å². The van der Waals surface area contributed by atoms with Crippen LogP contribution in [0.15, 0.2) is 42.5 Å². The summed E-state index contributed by atoms with van der Waals surface area (Å²) in [7, 11) is -3.44. The zero-order chi connectivity index (χ0) is 17.9. The van der Waals surface area contributed by atoms with Crippen LogP contribution in [0.4, 0.5) is 10.3 Å². The highest BCUT2D eigenvalue weighted by atomic mass is 32.2. The lowest BCUT2D eigenvalue weighted by Gasteiger charge is -2.06. The first-order valence-corrected chi connectivity index (χ1v) is 9.82. The third kappa shape index (κ3) is 4.88. The van der Waals surface area contributed by atoms with Crippen molar-refractivity contribution in [1.29, 1.82) is 0 Å². The SMILES string of the molecule is CS(=O)(=O)Nc1nnc(NC(=O)COc2ccc3ccccc3c2)s1. The molecule has 0 fully saturated rings. The molecule has 2 N–H and O–H groups in total. The van der Waals surface area contributed by atoms with Crippen LogP contribution in [0.3, 0.4) is 0 Å². The molecule has 3 aromatic rings. The van der Waals surface area contributed by atoms with Crippen LogP contribution in [-0.2, 0) is 14.8 Å². The lowest BCUT2D eigenvalue weighted by molar-refractivity contribution is -0.118. The van der Waals surface area contributed by atoms with Crippen molar-refractivity contribution in [3.8, 4) is 5.75 Å². The van der Waals surface area contributed by atoms with Crippen LogP contribution >= 0.6 is 11.3 Å². The molecule has 3 rings (SSSR count). The molecule has 8 nitrogen and oxygen atoms in total. The van der Waals surface area contributed by atoms with Crippen molar-refractivity contribution < 1.29 is 17.9 Å². The third-order valence-corrected chi connectivity index (χ3v) is 4.48. The van der Waals surface area contributed by atoms with Gasteiger partial charge >= 0.3 is 0 Å². The molecule has 1 aromatic heterocycles. The van der Waals surface area contributed by atoms with Gasteiger partial charge in [-0.05, 0) is 22.9 Å². The summed E-state index contributed by atoms with van der Waals surface area (Å²) in [6.45, 7) is -0.202. The fraction of sp³-hybridized carbons (Fsp3) is 0.133. The number of nitrogens with zero attached hydrogens (tertiary/aromatic N) is 2. The quantitative estimate of drug-likeness (QED) is 0.679. The zero-order valence-electron chi connectivity index (χ0n) is 13.1. The molecule has 0 spiro atoms. The van der Waals surface area contributed by atoms with Crippen LogP contribution in [0.5, 0.6) is 5.75 Å². The second-order valence-electron chi connectivity index (χ2n) is 5.13. The number of anilines is 2. The minimum Gasteiger partial charge on any atom is -0.484 e. The van der Waals surface area contributed by atoms with Crippen molar-refractivity contribution >= 4 is 48.3 Å². The Labute approximate surface area is 147 Å². The first-order chi connectivity index (χ1) is 11.9. The molecule has 0 aliphatic carbocycles. The van der Waals surface area contributed by atoms with Crippen molar-refractivity contribution in [2.45, 2.75) is 0 Å². The van der Waals surface area contributed by atoms with Gasteiger partial charge in [-0.15, -0.1) is 10.2 Å². The number of sulfonamides is 1. The summed E-state index contributed by atoms with van der Waals surface area (Å²) < 4.78 is 29.9. The van der Waals surface area contributed by atoms with Crippen LogP contribution in [0.2, 0.25) is 0 Å². The number of amides is 1. The number of benzene rings is 2. The van der Waals surface area contributed by atoms with Gasteiger partial charge in [-0.25, -0.2) is 8.42 Å². The van der Waals surface area contributed by atoms with Crippen LogP contribution in [0, 0.1) is 0 Å². The van der Waals surface area contributed by atoms with E-state index in [0.717, 1.165) is 28.4 Å². The molecule has 0 bridgehead atoms. The highest BCUT2D eigenvalue weighted by Crippen LogP contribution is 2.22. The summed E-state index contributed by atoms with van der Waals surface area (Å²) in [5, 5.41) is 12.2. The maximum absolute atomic E-state index is 11.9. The van der Waals surface area contributed by atoms with Crippen molar-refractivity contribution in [2.24, 2.45) is 0 Å². The van der Waals surface area contributed by atoms with Gasteiger partial charge in [0.2, 0.25) is 20.3 Å². The van der Waals surface area contributed by atoms with Gasteiger partial charge in [0.15, 0.2) is 6.61 Å². The maximum Gasteiger partial charge on any atom is 0.264 e. The van der Waals surface area contributed by atoms with Gasteiger partial charge in [0, 0.05) is 0 Å². The molecule has 0 aliphatic rings. The fourth-order valence-electron chi connectivity index (χ4n) is 2.04. The van der Waals surface area contributed by atoms with E-state index in [1.807, 2.05) is 36.4 Å². The predicted molar refractivity (Wildman–Crippen MR) is 96.4 cm³/mol. The molecule has 0 saturated carbocycles. The third-order valence-electron chi connectivity index (χ3n) is 3.03. The number of ether oxygens (including phenoxy) is 1. The summed E-state index contributed by atoms with van der Waals surface area (Å²) in [4.78, 5) is 11.9. The van der Waals surface area contributed by atoms with E-state index in [2.05, 4.69) is 20.2 Å². The molecular weight excluding hydrogens is 364 g/mol. The number of nitrogens with one attached hydrogen (secondary N) is 2. The number of carbonyl (C=O) groups excluding carboxylic acids is 1. The molecule has 0 saturated heterocycles. The maximum atomic E-state index is 11.9. The van der Waals surface area contributed by atoms with Crippen molar-refractivity contribution in [2.75, 3.05) is 22.9 Å². The molecule has 10 heteroatoms.